The summed E-state index contributed by atoms with van der Waals surface area (Å²) in [7, 11) is 3.18. The second-order valence-electron chi connectivity index (χ2n) is 9.68. The van der Waals surface area contributed by atoms with Crippen LogP contribution in [0.1, 0.15) is 22.3 Å². The standard InChI is InChI=1S/C26H25N3O7/c1-29(2)20-15-10-12-9-14-13(11-5-7-28-8-6-11)3-4-16(30)18(14)21(31)17(12)23(33)26(15,36)24(34)19(22(20)32)25(27)35/h3-8,12,15,20,30,32-33,36H,9-10H2,1-2H3,(H2,27,35)/t12-,15-,20-,26-/m0/s1. The van der Waals surface area contributed by atoms with Gasteiger partial charge in [-0.05, 0) is 67.7 Å². The number of fused-ring (bicyclic) bond motifs is 3. The lowest BCUT2D eigenvalue weighted by Gasteiger charge is -2.50. The Morgan fingerprint density at radius 2 is 1.78 bits per heavy atom. The highest BCUT2D eigenvalue weighted by molar-refractivity contribution is 6.24. The van der Waals surface area contributed by atoms with E-state index in [9.17, 15) is 34.8 Å². The quantitative estimate of drug-likeness (QED) is 0.395. The van der Waals surface area contributed by atoms with E-state index >= 15 is 0 Å². The second-order valence-corrected chi connectivity index (χ2v) is 9.68. The maximum atomic E-state index is 13.7. The molecule has 10 nitrogen and oxygen atoms in total. The predicted octanol–water partition coefficient (Wildman–Crippen LogP) is 1.18. The summed E-state index contributed by atoms with van der Waals surface area (Å²) in [5, 5.41) is 44.4. The number of benzene rings is 1. The fraction of sp³-hybridized carbons (Fsp3) is 0.308. The van der Waals surface area contributed by atoms with Gasteiger partial charge in [0.25, 0.3) is 5.91 Å². The number of aliphatic hydroxyl groups excluding tert-OH is 2. The molecule has 1 aromatic carbocycles. The van der Waals surface area contributed by atoms with Gasteiger partial charge in [0.2, 0.25) is 5.78 Å². The zero-order valence-electron chi connectivity index (χ0n) is 19.6. The fourth-order valence-electron chi connectivity index (χ4n) is 6.05. The topological polar surface area (TPSA) is 174 Å². The first-order chi connectivity index (χ1) is 17.0. The van der Waals surface area contributed by atoms with Gasteiger partial charge in [0.15, 0.2) is 11.4 Å². The van der Waals surface area contributed by atoms with Gasteiger partial charge in [0.1, 0.15) is 22.8 Å². The lowest BCUT2D eigenvalue weighted by atomic mass is 9.58. The molecule has 4 atom stereocenters. The minimum absolute atomic E-state index is 0.0231. The number of allylic oxidation sites excluding steroid dienone is 1. The van der Waals surface area contributed by atoms with E-state index in [1.807, 2.05) is 0 Å². The summed E-state index contributed by atoms with van der Waals surface area (Å²) in [4.78, 5) is 44.6. The van der Waals surface area contributed by atoms with Gasteiger partial charge < -0.3 is 26.2 Å². The maximum Gasteiger partial charge on any atom is 0.255 e. The molecule has 0 spiro atoms. The van der Waals surface area contributed by atoms with E-state index in [2.05, 4.69) is 4.98 Å². The molecule has 1 amide bonds. The van der Waals surface area contributed by atoms with Crippen molar-refractivity contribution in [1.82, 2.24) is 9.88 Å². The van der Waals surface area contributed by atoms with Crippen LogP contribution < -0.4 is 5.73 Å². The number of likely N-dealkylation sites (N-methyl/N-ethyl adjacent to an activating group) is 1. The van der Waals surface area contributed by atoms with Gasteiger partial charge in [-0.15, -0.1) is 0 Å². The normalized spacial score (nSPS) is 27.6. The van der Waals surface area contributed by atoms with Crippen molar-refractivity contribution < 1.29 is 34.8 Å². The first-order valence-electron chi connectivity index (χ1n) is 11.4. The minimum Gasteiger partial charge on any atom is -0.510 e. The molecule has 6 N–H and O–H groups in total. The molecular formula is C26H25N3O7. The van der Waals surface area contributed by atoms with Crippen LogP contribution in [0.25, 0.3) is 11.1 Å². The van der Waals surface area contributed by atoms with Crippen molar-refractivity contribution in [3.8, 4) is 16.9 Å². The molecule has 5 rings (SSSR count). The molecule has 3 aliphatic rings. The Morgan fingerprint density at radius 3 is 2.39 bits per heavy atom. The van der Waals surface area contributed by atoms with Crippen LogP contribution in [0.15, 0.2) is 59.3 Å². The summed E-state index contributed by atoms with van der Waals surface area (Å²) in [6, 6.07) is 5.60. The Bertz CT molecular complexity index is 1400. The smallest absolute Gasteiger partial charge is 0.255 e. The summed E-state index contributed by atoms with van der Waals surface area (Å²) in [6.45, 7) is 0. The highest BCUT2D eigenvalue weighted by Crippen LogP contribution is 2.53. The SMILES string of the molecule is CN(C)[C@@H]1C(O)=C(C(N)=O)C(=O)[C@@]2(O)C(O)=C3C(=O)c4c(O)ccc(-c5ccncc5)c4C[C@H]3C[C@@H]12. The maximum absolute atomic E-state index is 13.7. The second kappa shape index (κ2) is 8.00. The van der Waals surface area contributed by atoms with Crippen LogP contribution >= 0.6 is 0 Å². The van der Waals surface area contributed by atoms with Gasteiger partial charge in [-0.2, -0.15) is 0 Å². The molecule has 3 aliphatic carbocycles. The van der Waals surface area contributed by atoms with E-state index in [1.165, 1.54) is 11.0 Å². The van der Waals surface area contributed by atoms with E-state index in [4.69, 9.17) is 5.73 Å². The molecule has 0 aliphatic heterocycles. The van der Waals surface area contributed by atoms with Crippen LogP contribution in [0.3, 0.4) is 0 Å². The molecule has 0 unspecified atom stereocenters. The third-order valence-electron chi connectivity index (χ3n) is 7.60. The number of rotatable bonds is 3. The molecule has 36 heavy (non-hydrogen) atoms. The van der Waals surface area contributed by atoms with Crippen molar-refractivity contribution in [2.45, 2.75) is 24.5 Å². The number of aromatic hydroxyl groups is 1. The number of hydrogen-bond donors (Lipinski definition) is 5. The summed E-state index contributed by atoms with van der Waals surface area (Å²) >= 11 is 0. The summed E-state index contributed by atoms with van der Waals surface area (Å²) < 4.78 is 0. The Labute approximate surface area is 206 Å². The van der Waals surface area contributed by atoms with Crippen molar-refractivity contribution in [1.29, 1.82) is 0 Å². The number of phenols is 1. The minimum atomic E-state index is -2.65. The van der Waals surface area contributed by atoms with Gasteiger partial charge in [-0.3, -0.25) is 24.3 Å². The molecule has 0 saturated heterocycles. The largest absolute Gasteiger partial charge is 0.510 e. The number of primary amides is 1. The fourth-order valence-corrected chi connectivity index (χ4v) is 6.05. The lowest BCUT2D eigenvalue weighted by molar-refractivity contribution is -0.148. The van der Waals surface area contributed by atoms with Crippen LogP contribution in [-0.2, 0) is 16.0 Å². The Hall–Kier alpha value is -4.02. The number of amides is 1. The molecule has 0 radical (unpaired) electrons. The molecule has 1 aromatic heterocycles. The molecule has 1 heterocycles. The highest BCUT2D eigenvalue weighted by atomic mass is 16.3. The number of nitrogens with two attached hydrogens (primary N) is 1. The average Bonchev–Trinajstić information content (AvgIpc) is 2.81. The van der Waals surface area contributed by atoms with Crippen molar-refractivity contribution in [2.24, 2.45) is 17.6 Å². The van der Waals surface area contributed by atoms with Gasteiger partial charge in [-0.25, -0.2) is 0 Å². The molecule has 0 saturated carbocycles. The van der Waals surface area contributed by atoms with E-state index in [-0.39, 0.29) is 29.7 Å². The van der Waals surface area contributed by atoms with Crippen LogP contribution in [-0.4, -0.2) is 73.5 Å². The number of phenolic OH excluding ortho intramolecular Hbond substituents is 1. The van der Waals surface area contributed by atoms with Crippen LogP contribution in [0.2, 0.25) is 0 Å². The molecule has 0 fully saturated rings. The summed E-state index contributed by atoms with van der Waals surface area (Å²) in [5.41, 5.74) is 3.72. The van der Waals surface area contributed by atoms with Crippen molar-refractivity contribution in [3.63, 3.8) is 0 Å². The van der Waals surface area contributed by atoms with E-state index in [1.54, 1.807) is 44.7 Å². The monoisotopic (exact) mass is 491 g/mol. The lowest BCUT2D eigenvalue weighted by Crippen LogP contribution is -2.63. The van der Waals surface area contributed by atoms with Crippen LogP contribution in [0.5, 0.6) is 5.75 Å². The van der Waals surface area contributed by atoms with E-state index < -0.39 is 58.0 Å². The zero-order valence-corrected chi connectivity index (χ0v) is 19.6. The summed E-state index contributed by atoms with van der Waals surface area (Å²) in [5.74, 6) is -6.69. The molecular weight excluding hydrogens is 466 g/mol. The Kier molecular flexibility index (Phi) is 5.27. The molecule has 0 bridgehead atoms. The Morgan fingerprint density at radius 1 is 1.11 bits per heavy atom. The van der Waals surface area contributed by atoms with E-state index in [0.29, 0.717) is 11.1 Å². The zero-order chi connectivity index (χ0) is 26.1. The number of carbonyl (C=O) groups excluding carboxylic acids is 3. The Balaban J connectivity index is 1.73. The number of Topliss-reactive ketones (excluding diaryl/α,β-unsaturated/α-hetero) is 2. The van der Waals surface area contributed by atoms with Gasteiger partial charge in [-0.1, -0.05) is 6.07 Å². The highest BCUT2D eigenvalue weighted by Gasteiger charge is 2.63. The van der Waals surface area contributed by atoms with Crippen molar-refractivity contribution >= 4 is 17.5 Å². The number of hydrogen-bond acceptors (Lipinski definition) is 9. The molecule has 10 heteroatoms. The number of carbonyl (C=O) groups is 3. The van der Waals surface area contributed by atoms with Crippen LogP contribution in [0, 0.1) is 11.8 Å². The number of pyridine rings is 1. The number of nitrogens with zero attached hydrogens (tertiary/aromatic N) is 2. The average molecular weight is 492 g/mol. The summed E-state index contributed by atoms with van der Waals surface area (Å²) in [6.07, 6.45) is 3.48. The van der Waals surface area contributed by atoms with E-state index in [0.717, 1.165) is 5.56 Å². The third kappa shape index (κ3) is 3.04. The van der Waals surface area contributed by atoms with Gasteiger partial charge in [0, 0.05) is 23.9 Å². The molecule has 186 valence electrons. The number of aromatic nitrogens is 1. The van der Waals surface area contributed by atoms with Crippen LogP contribution in [0.4, 0.5) is 0 Å². The molecule has 2 aromatic rings. The number of aliphatic hydroxyl groups is 3. The third-order valence-corrected chi connectivity index (χ3v) is 7.60. The first kappa shape index (κ1) is 23.7. The predicted molar refractivity (Wildman–Crippen MR) is 127 cm³/mol. The first-order valence-corrected chi connectivity index (χ1v) is 11.4. The van der Waals surface area contributed by atoms with Gasteiger partial charge in [0.05, 0.1) is 11.6 Å². The van der Waals surface area contributed by atoms with Gasteiger partial charge >= 0.3 is 0 Å². The van der Waals surface area contributed by atoms with Crippen molar-refractivity contribution in [3.05, 3.63) is 70.5 Å². The number of ketones is 2. The van der Waals surface area contributed by atoms with Crippen molar-refractivity contribution in [2.75, 3.05) is 14.1 Å².